The van der Waals surface area contributed by atoms with Crippen LogP contribution < -0.4 is 4.74 Å². The van der Waals surface area contributed by atoms with Crippen molar-refractivity contribution in [3.63, 3.8) is 0 Å². The number of carbonyl (C=O) groups excluding carboxylic acids is 1. The summed E-state index contributed by atoms with van der Waals surface area (Å²) >= 11 is 0. The van der Waals surface area contributed by atoms with Crippen molar-refractivity contribution in [2.45, 2.75) is 27.2 Å². The Kier molecular flexibility index (Phi) is 5.20. The number of hydrogen-bond acceptors (Lipinski definition) is 3. The molecule has 0 aliphatic heterocycles. The first-order valence-electron chi connectivity index (χ1n) is 6.21. The molecule has 1 atom stereocenters. The summed E-state index contributed by atoms with van der Waals surface area (Å²) in [5.74, 6) is 0.902. The van der Waals surface area contributed by atoms with E-state index in [4.69, 9.17) is 9.47 Å². The SMILES string of the molecule is COC(=O)C(Cc1ccc(OC)c(C)c1)C(C)C. The molecule has 18 heavy (non-hydrogen) atoms. The van der Waals surface area contributed by atoms with E-state index in [1.807, 2.05) is 32.9 Å². The summed E-state index contributed by atoms with van der Waals surface area (Å²) in [6.07, 6.45) is 0.704. The number of ether oxygens (including phenoxy) is 2. The summed E-state index contributed by atoms with van der Waals surface area (Å²) in [5, 5.41) is 0. The normalized spacial score (nSPS) is 12.3. The highest BCUT2D eigenvalue weighted by molar-refractivity contribution is 5.73. The van der Waals surface area contributed by atoms with E-state index in [-0.39, 0.29) is 17.8 Å². The highest BCUT2D eigenvalue weighted by Gasteiger charge is 2.23. The molecule has 0 heterocycles. The molecule has 0 saturated heterocycles. The van der Waals surface area contributed by atoms with Gasteiger partial charge in [0.1, 0.15) is 5.75 Å². The lowest BCUT2D eigenvalue weighted by Crippen LogP contribution is -2.24. The second kappa shape index (κ2) is 6.43. The molecule has 1 aromatic carbocycles. The average Bonchev–Trinajstić information content (AvgIpc) is 2.35. The monoisotopic (exact) mass is 250 g/mol. The van der Waals surface area contributed by atoms with Crippen molar-refractivity contribution < 1.29 is 14.3 Å². The maximum absolute atomic E-state index is 11.7. The van der Waals surface area contributed by atoms with Crippen molar-refractivity contribution in [2.75, 3.05) is 14.2 Å². The molecule has 0 bridgehead atoms. The Balaban J connectivity index is 2.87. The Labute approximate surface area is 109 Å². The van der Waals surface area contributed by atoms with Crippen molar-refractivity contribution in [3.8, 4) is 5.75 Å². The van der Waals surface area contributed by atoms with Crippen LogP contribution in [0.25, 0.3) is 0 Å². The van der Waals surface area contributed by atoms with Crippen LogP contribution in [0.4, 0.5) is 0 Å². The van der Waals surface area contributed by atoms with Crippen LogP contribution in [0.1, 0.15) is 25.0 Å². The number of carbonyl (C=O) groups is 1. The first-order chi connectivity index (χ1) is 8.49. The fourth-order valence-electron chi connectivity index (χ4n) is 2.06. The average molecular weight is 250 g/mol. The lowest BCUT2D eigenvalue weighted by Gasteiger charge is -2.18. The maximum Gasteiger partial charge on any atom is 0.309 e. The number of benzene rings is 1. The van der Waals surface area contributed by atoms with E-state index in [1.165, 1.54) is 7.11 Å². The van der Waals surface area contributed by atoms with Gasteiger partial charge in [-0.05, 0) is 36.5 Å². The molecule has 3 nitrogen and oxygen atoms in total. The molecule has 1 unspecified atom stereocenters. The quantitative estimate of drug-likeness (QED) is 0.754. The molecular weight excluding hydrogens is 228 g/mol. The van der Waals surface area contributed by atoms with E-state index in [0.717, 1.165) is 16.9 Å². The Morgan fingerprint density at radius 1 is 1.28 bits per heavy atom. The zero-order chi connectivity index (χ0) is 13.7. The van der Waals surface area contributed by atoms with Gasteiger partial charge in [0.05, 0.1) is 20.1 Å². The third-order valence-corrected chi connectivity index (χ3v) is 3.22. The third kappa shape index (κ3) is 3.49. The highest BCUT2D eigenvalue weighted by Crippen LogP contribution is 2.23. The molecule has 1 aromatic rings. The number of aryl methyl sites for hydroxylation is 1. The van der Waals surface area contributed by atoms with Gasteiger partial charge in [0.25, 0.3) is 0 Å². The Hall–Kier alpha value is -1.51. The van der Waals surface area contributed by atoms with Gasteiger partial charge in [-0.15, -0.1) is 0 Å². The molecule has 3 heteroatoms. The van der Waals surface area contributed by atoms with Crippen molar-refractivity contribution in [1.82, 2.24) is 0 Å². The van der Waals surface area contributed by atoms with E-state index in [0.29, 0.717) is 6.42 Å². The van der Waals surface area contributed by atoms with Gasteiger partial charge in [0.2, 0.25) is 0 Å². The Bertz CT molecular complexity index is 410. The fraction of sp³-hybridized carbons (Fsp3) is 0.533. The van der Waals surface area contributed by atoms with Crippen molar-refractivity contribution in [1.29, 1.82) is 0 Å². The summed E-state index contributed by atoms with van der Waals surface area (Å²) in [6.45, 7) is 6.08. The van der Waals surface area contributed by atoms with Crippen molar-refractivity contribution in [3.05, 3.63) is 29.3 Å². The van der Waals surface area contributed by atoms with Gasteiger partial charge in [-0.1, -0.05) is 26.0 Å². The first kappa shape index (κ1) is 14.6. The van der Waals surface area contributed by atoms with Gasteiger partial charge in [-0.3, -0.25) is 4.79 Å². The summed E-state index contributed by atoms with van der Waals surface area (Å²) in [5.41, 5.74) is 2.22. The molecule has 0 radical (unpaired) electrons. The lowest BCUT2D eigenvalue weighted by molar-refractivity contribution is -0.146. The molecule has 0 aromatic heterocycles. The van der Waals surface area contributed by atoms with E-state index < -0.39 is 0 Å². The number of hydrogen-bond donors (Lipinski definition) is 0. The zero-order valence-electron chi connectivity index (χ0n) is 11.8. The smallest absolute Gasteiger partial charge is 0.309 e. The molecule has 0 amide bonds. The van der Waals surface area contributed by atoms with Crippen LogP contribution in [0.3, 0.4) is 0 Å². The zero-order valence-corrected chi connectivity index (χ0v) is 11.8. The first-order valence-corrected chi connectivity index (χ1v) is 6.21. The molecule has 0 saturated carbocycles. The van der Waals surface area contributed by atoms with Crippen LogP contribution in [0.2, 0.25) is 0 Å². The number of rotatable bonds is 5. The lowest BCUT2D eigenvalue weighted by atomic mass is 9.89. The van der Waals surface area contributed by atoms with Crippen molar-refractivity contribution >= 4 is 5.97 Å². The molecule has 1 rings (SSSR count). The molecule has 0 spiro atoms. The second-order valence-corrected chi connectivity index (χ2v) is 4.88. The fourth-order valence-corrected chi connectivity index (χ4v) is 2.06. The van der Waals surface area contributed by atoms with Gasteiger partial charge in [-0.2, -0.15) is 0 Å². The maximum atomic E-state index is 11.7. The minimum absolute atomic E-state index is 0.0946. The van der Waals surface area contributed by atoms with E-state index in [2.05, 4.69) is 6.07 Å². The molecular formula is C15H22O3. The molecule has 0 aliphatic carbocycles. The number of esters is 1. The third-order valence-electron chi connectivity index (χ3n) is 3.22. The van der Waals surface area contributed by atoms with E-state index in [1.54, 1.807) is 7.11 Å². The molecule has 0 fully saturated rings. The van der Waals surface area contributed by atoms with Gasteiger partial charge in [0.15, 0.2) is 0 Å². The van der Waals surface area contributed by atoms with Crippen LogP contribution in [-0.2, 0) is 16.0 Å². The summed E-state index contributed by atoms with van der Waals surface area (Å²) < 4.78 is 10.1. The van der Waals surface area contributed by atoms with E-state index in [9.17, 15) is 4.79 Å². The van der Waals surface area contributed by atoms with Crippen molar-refractivity contribution in [2.24, 2.45) is 11.8 Å². The van der Waals surface area contributed by atoms with Crippen LogP contribution in [0.5, 0.6) is 5.75 Å². The standard InChI is InChI=1S/C15H22O3/c1-10(2)13(15(16)18-5)9-12-6-7-14(17-4)11(3)8-12/h6-8,10,13H,9H2,1-5H3. The van der Waals surface area contributed by atoms with Gasteiger partial charge in [-0.25, -0.2) is 0 Å². The van der Waals surface area contributed by atoms with Gasteiger partial charge < -0.3 is 9.47 Å². The Morgan fingerprint density at radius 2 is 1.94 bits per heavy atom. The van der Waals surface area contributed by atoms with Crippen LogP contribution in [0, 0.1) is 18.8 Å². The van der Waals surface area contributed by atoms with Crippen LogP contribution >= 0.6 is 0 Å². The van der Waals surface area contributed by atoms with E-state index >= 15 is 0 Å². The van der Waals surface area contributed by atoms with Crippen LogP contribution in [-0.4, -0.2) is 20.2 Å². The van der Waals surface area contributed by atoms with Gasteiger partial charge >= 0.3 is 5.97 Å². The molecule has 0 aliphatic rings. The molecule has 0 N–H and O–H groups in total. The summed E-state index contributed by atoms with van der Waals surface area (Å²) in [6, 6.07) is 6.01. The second-order valence-electron chi connectivity index (χ2n) is 4.88. The summed E-state index contributed by atoms with van der Waals surface area (Å²) in [7, 11) is 3.10. The largest absolute Gasteiger partial charge is 0.496 e. The molecule has 100 valence electrons. The Morgan fingerprint density at radius 3 is 2.39 bits per heavy atom. The predicted molar refractivity (Wildman–Crippen MR) is 71.8 cm³/mol. The number of methoxy groups -OCH3 is 2. The minimum Gasteiger partial charge on any atom is -0.496 e. The predicted octanol–water partition coefficient (Wildman–Crippen LogP) is 2.99. The van der Waals surface area contributed by atoms with Gasteiger partial charge in [0, 0.05) is 0 Å². The summed E-state index contributed by atoms with van der Waals surface area (Å²) in [4.78, 5) is 11.7. The highest BCUT2D eigenvalue weighted by atomic mass is 16.5. The minimum atomic E-state index is -0.140. The topological polar surface area (TPSA) is 35.5 Å². The van der Waals surface area contributed by atoms with Crippen LogP contribution in [0.15, 0.2) is 18.2 Å².